The molecule has 1 aromatic heterocycles. The summed E-state index contributed by atoms with van der Waals surface area (Å²) in [4.78, 5) is 4.54. The average Bonchev–Trinajstić information content (AvgIpc) is 2.70. The Hall–Kier alpha value is -0.450. The molecule has 0 spiro atoms. The van der Waals surface area contributed by atoms with Crippen LogP contribution < -0.4 is 5.32 Å². The topological polar surface area (TPSA) is 34.2 Å². The van der Waals surface area contributed by atoms with Gasteiger partial charge in [0.15, 0.2) is 0 Å². The Morgan fingerprint density at radius 3 is 2.59 bits per heavy atom. The smallest absolute Gasteiger partial charge is 0.107 e. The highest BCUT2D eigenvalue weighted by atomic mass is 32.1. The van der Waals surface area contributed by atoms with Gasteiger partial charge >= 0.3 is 0 Å². The van der Waals surface area contributed by atoms with Crippen molar-refractivity contribution in [1.29, 1.82) is 0 Å². The molecule has 0 saturated heterocycles. The fourth-order valence-corrected chi connectivity index (χ4v) is 1.93. The first-order valence-electron chi connectivity index (χ1n) is 6.27. The van der Waals surface area contributed by atoms with Gasteiger partial charge in [-0.1, -0.05) is 27.7 Å². The highest BCUT2D eigenvalue weighted by Gasteiger charge is 2.09. The van der Waals surface area contributed by atoms with E-state index in [-0.39, 0.29) is 6.10 Å². The Bertz CT molecular complexity index is 323. The molecule has 0 amide bonds. The van der Waals surface area contributed by atoms with Crippen LogP contribution in [0.15, 0.2) is 5.38 Å². The van der Waals surface area contributed by atoms with Gasteiger partial charge in [0, 0.05) is 18.0 Å². The lowest BCUT2D eigenvalue weighted by Gasteiger charge is -2.15. The quantitative estimate of drug-likeness (QED) is 0.813. The van der Waals surface area contributed by atoms with Crippen molar-refractivity contribution >= 4 is 11.3 Å². The lowest BCUT2D eigenvalue weighted by atomic mass is 10.1. The van der Waals surface area contributed by atoms with Crippen LogP contribution in [0.25, 0.3) is 0 Å². The van der Waals surface area contributed by atoms with Crippen LogP contribution >= 0.6 is 11.3 Å². The summed E-state index contributed by atoms with van der Waals surface area (Å²) in [6, 6.07) is 0.500. The van der Waals surface area contributed by atoms with Crippen LogP contribution in [0.4, 0.5) is 0 Å². The first-order valence-corrected chi connectivity index (χ1v) is 7.15. The zero-order chi connectivity index (χ0) is 12.8. The summed E-state index contributed by atoms with van der Waals surface area (Å²) in [5.41, 5.74) is 1.04. The number of rotatable bonds is 7. The molecule has 17 heavy (non-hydrogen) atoms. The van der Waals surface area contributed by atoms with E-state index in [9.17, 15) is 0 Å². The minimum Gasteiger partial charge on any atom is -0.372 e. The minimum atomic E-state index is 0.286. The van der Waals surface area contributed by atoms with E-state index in [1.54, 1.807) is 11.3 Å². The van der Waals surface area contributed by atoms with Crippen molar-refractivity contribution in [3.8, 4) is 0 Å². The predicted octanol–water partition coefficient (Wildman–Crippen LogP) is 3.20. The molecule has 1 heterocycles. The van der Waals surface area contributed by atoms with Crippen LogP contribution in [0.5, 0.6) is 0 Å². The number of hydrogen-bond acceptors (Lipinski definition) is 4. The molecule has 98 valence electrons. The lowest BCUT2D eigenvalue weighted by molar-refractivity contribution is 0.0220. The fourth-order valence-electron chi connectivity index (χ4n) is 1.20. The van der Waals surface area contributed by atoms with E-state index in [0.717, 1.165) is 17.2 Å². The normalized spacial score (nSPS) is 13.6. The molecular weight excluding hydrogens is 232 g/mol. The molecule has 1 N–H and O–H groups in total. The molecule has 1 unspecified atom stereocenters. The van der Waals surface area contributed by atoms with Gasteiger partial charge in [-0.15, -0.1) is 11.3 Å². The Morgan fingerprint density at radius 1 is 1.29 bits per heavy atom. The summed E-state index contributed by atoms with van der Waals surface area (Å²) in [7, 11) is 0. The summed E-state index contributed by atoms with van der Waals surface area (Å²) < 4.78 is 5.75. The minimum absolute atomic E-state index is 0.286. The molecular formula is C13H24N2OS. The Balaban J connectivity index is 2.35. The maximum atomic E-state index is 5.75. The molecule has 4 heteroatoms. The van der Waals surface area contributed by atoms with Crippen molar-refractivity contribution in [2.75, 3.05) is 0 Å². The molecule has 0 aliphatic heterocycles. The second-order valence-electron chi connectivity index (χ2n) is 5.03. The van der Waals surface area contributed by atoms with Crippen molar-refractivity contribution in [3.63, 3.8) is 0 Å². The van der Waals surface area contributed by atoms with E-state index in [1.807, 2.05) is 0 Å². The maximum Gasteiger partial charge on any atom is 0.107 e. The molecule has 0 saturated carbocycles. The van der Waals surface area contributed by atoms with E-state index in [2.05, 4.69) is 50.3 Å². The molecule has 1 aromatic rings. The second-order valence-corrected chi connectivity index (χ2v) is 5.97. The second kappa shape index (κ2) is 7.09. The zero-order valence-corrected chi connectivity index (χ0v) is 12.3. The third-order valence-corrected chi connectivity index (χ3v) is 3.59. The predicted molar refractivity (Wildman–Crippen MR) is 73.2 cm³/mol. The van der Waals surface area contributed by atoms with Crippen LogP contribution in [-0.2, 0) is 17.9 Å². The number of hydrogen-bond donors (Lipinski definition) is 1. The number of aromatic nitrogens is 1. The van der Waals surface area contributed by atoms with Gasteiger partial charge in [0.05, 0.1) is 18.4 Å². The van der Waals surface area contributed by atoms with E-state index in [0.29, 0.717) is 18.6 Å². The molecule has 0 fully saturated rings. The van der Waals surface area contributed by atoms with Crippen molar-refractivity contribution in [1.82, 2.24) is 10.3 Å². The molecule has 0 aliphatic carbocycles. The van der Waals surface area contributed by atoms with Gasteiger partial charge in [-0.2, -0.15) is 0 Å². The van der Waals surface area contributed by atoms with Crippen molar-refractivity contribution in [3.05, 3.63) is 16.1 Å². The summed E-state index contributed by atoms with van der Waals surface area (Å²) in [5, 5.41) is 6.59. The highest BCUT2D eigenvalue weighted by Crippen LogP contribution is 2.13. The summed E-state index contributed by atoms with van der Waals surface area (Å²) in [6.07, 6.45) is 0.286. The zero-order valence-electron chi connectivity index (χ0n) is 11.5. The maximum absolute atomic E-state index is 5.75. The molecule has 0 aliphatic rings. The molecule has 1 rings (SSSR count). The van der Waals surface area contributed by atoms with Crippen LogP contribution in [0.2, 0.25) is 0 Å². The SMILES string of the molecule is CC(C)NCc1nc(COC(C)C(C)C)cs1. The summed E-state index contributed by atoms with van der Waals surface area (Å²) >= 11 is 1.70. The van der Waals surface area contributed by atoms with Crippen LogP contribution in [0, 0.1) is 5.92 Å². The van der Waals surface area contributed by atoms with E-state index in [4.69, 9.17) is 4.74 Å². The third-order valence-electron chi connectivity index (χ3n) is 2.69. The number of nitrogens with one attached hydrogen (secondary N) is 1. The number of thiazole rings is 1. The Labute approximate surface area is 109 Å². The van der Waals surface area contributed by atoms with Crippen molar-refractivity contribution < 1.29 is 4.74 Å². The van der Waals surface area contributed by atoms with Gasteiger partial charge in [0.1, 0.15) is 5.01 Å². The monoisotopic (exact) mass is 256 g/mol. The van der Waals surface area contributed by atoms with Gasteiger partial charge < -0.3 is 10.1 Å². The van der Waals surface area contributed by atoms with Crippen LogP contribution in [0.1, 0.15) is 45.3 Å². The van der Waals surface area contributed by atoms with Gasteiger partial charge in [-0.25, -0.2) is 4.98 Å². The summed E-state index contributed by atoms with van der Waals surface area (Å²) in [5.74, 6) is 0.552. The molecule has 0 aromatic carbocycles. The molecule has 0 radical (unpaired) electrons. The fraction of sp³-hybridized carbons (Fsp3) is 0.769. The highest BCUT2D eigenvalue weighted by molar-refractivity contribution is 7.09. The van der Waals surface area contributed by atoms with Crippen LogP contribution in [0.3, 0.4) is 0 Å². The molecule has 0 bridgehead atoms. The molecule has 1 atom stereocenters. The first-order chi connectivity index (χ1) is 7.99. The average molecular weight is 256 g/mol. The van der Waals surface area contributed by atoms with E-state index < -0.39 is 0 Å². The van der Waals surface area contributed by atoms with Crippen molar-refractivity contribution in [2.24, 2.45) is 5.92 Å². The molecule has 3 nitrogen and oxygen atoms in total. The number of ether oxygens (including phenoxy) is 1. The van der Waals surface area contributed by atoms with Gasteiger partial charge in [0.25, 0.3) is 0 Å². The Morgan fingerprint density at radius 2 is 2.00 bits per heavy atom. The van der Waals surface area contributed by atoms with Crippen LogP contribution in [-0.4, -0.2) is 17.1 Å². The first kappa shape index (κ1) is 14.6. The van der Waals surface area contributed by atoms with Gasteiger partial charge in [-0.3, -0.25) is 0 Å². The Kier molecular flexibility index (Phi) is 6.09. The lowest BCUT2D eigenvalue weighted by Crippen LogP contribution is -2.21. The van der Waals surface area contributed by atoms with Crippen molar-refractivity contribution in [2.45, 2.75) is 59.9 Å². The standard InChI is InChI=1S/C13H24N2OS/c1-9(2)11(5)16-7-12-8-17-13(15-12)6-14-10(3)4/h8-11,14H,6-7H2,1-5H3. The van der Waals surface area contributed by atoms with Gasteiger partial charge in [-0.05, 0) is 12.8 Å². The summed E-state index contributed by atoms with van der Waals surface area (Å²) in [6.45, 7) is 12.2. The van der Waals surface area contributed by atoms with E-state index >= 15 is 0 Å². The number of nitrogens with zero attached hydrogens (tertiary/aromatic N) is 1. The van der Waals surface area contributed by atoms with Gasteiger partial charge in [0.2, 0.25) is 0 Å². The third kappa shape index (κ3) is 5.61. The largest absolute Gasteiger partial charge is 0.372 e. The van der Waals surface area contributed by atoms with E-state index in [1.165, 1.54) is 0 Å².